The van der Waals surface area contributed by atoms with Gasteiger partial charge in [0.15, 0.2) is 0 Å². The van der Waals surface area contributed by atoms with Crippen LogP contribution in [0.4, 0.5) is 0 Å². The molecule has 7 nitrogen and oxygen atoms in total. The van der Waals surface area contributed by atoms with Crippen LogP contribution in [0.5, 0.6) is 0 Å². The van der Waals surface area contributed by atoms with E-state index in [1.165, 1.54) is 128 Å². The number of hydrogen-bond donors (Lipinski definition) is 0. The van der Waals surface area contributed by atoms with Gasteiger partial charge in [-0.05, 0) is 125 Å². The Morgan fingerprint density at radius 2 is 0.746 bits per heavy atom. The third kappa shape index (κ3) is 38.2. The highest BCUT2D eigenvalue weighted by atomic mass is 16.5. The number of unbranched alkanes of at least 4 members (excludes halogenated alkanes) is 25. The Morgan fingerprint density at radius 1 is 0.413 bits per heavy atom. The molecule has 0 spiro atoms. The van der Waals surface area contributed by atoms with E-state index in [1.54, 1.807) is 0 Å². The van der Waals surface area contributed by atoms with E-state index in [4.69, 9.17) is 14.2 Å². The van der Waals surface area contributed by atoms with Crippen molar-refractivity contribution in [1.82, 2.24) is 4.90 Å². The second-order valence-corrected chi connectivity index (χ2v) is 21.2. The molecule has 2 unspecified atom stereocenters. The maximum Gasteiger partial charge on any atom is 0.311 e. The Morgan fingerprint density at radius 3 is 1.14 bits per heavy atom. The molecule has 7 heteroatoms. The summed E-state index contributed by atoms with van der Waals surface area (Å²) in [5.41, 5.74) is -0.997. The summed E-state index contributed by atoms with van der Waals surface area (Å²) in [5, 5.41) is 0. The minimum atomic E-state index is -0.510. The molecule has 0 saturated heterocycles. The van der Waals surface area contributed by atoms with Crippen molar-refractivity contribution in [3.05, 3.63) is 0 Å². The first-order valence-corrected chi connectivity index (χ1v) is 27.5. The van der Waals surface area contributed by atoms with Crippen LogP contribution in [0, 0.1) is 10.8 Å². The molecule has 374 valence electrons. The number of ether oxygens (including phenoxy) is 3. The van der Waals surface area contributed by atoms with E-state index in [0.29, 0.717) is 13.0 Å². The molecule has 0 fully saturated rings. The summed E-state index contributed by atoms with van der Waals surface area (Å²) in [6.07, 6.45) is 42.9. The van der Waals surface area contributed by atoms with Gasteiger partial charge in [-0.25, -0.2) is 0 Å². The second kappa shape index (κ2) is 41.8. The molecule has 0 aromatic rings. The number of rotatable bonds is 47. The molecule has 0 aromatic carbocycles. The normalized spacial score (nSPS) is 13.0. The summed E-state index contributed by atoms with van der Waals surface area (Å²) >= 11 is 0. The van der Waals surface area contributed by atoms with Gasteiger partial charge in [0.05, 0.1) is 17.4 Å². The van der Waals surface area contributed by atoms with E-state index in [1.807, 2.05) is 27.9 Å². The van der Waals surface area contributed by atoms with Crippen molar-refractivity contribution < 1.29 is 28.6 Å². The van der Waals surface area contributed by atoms with Crippen LogP contribution in [0.2, 0.25) is 0 Å². The first-order valence-electron chi connectivity index (χ1n) is 27.5. The molecule has 0 N–H and O–H groups in total. The number of hydrogen-bond acceptors (Lipinski definition) is 7. The number of carbonyl (C=O) groups excluding carboxylic acids is 3. The molecule has 0 amide bonds. The van der Waals surface area contributed by atoms with Crippen LogP contribution in [0.15, 0.2) is 0 Å². The molecule has 63 heavy (non-hydrogen) atoms. The van der Waals surface area contributed by atoms with Gasteiger partial charge in [-0.15, -0.1) is 0 Å². The zero-order chi connectivity index (χ0) is 46.9. The molecular weight excluding hydrogens is 783 g/mol. The first-order chi connectivity index (χ1) is 30.3. The van der Waals surface area contributed by atoms with Crippen molar-refractivity contribution >= 4 is 17.9 Å². The summed E-state index contributed by atoms with van der Waals surface area (Å²) in [4.78, 5) is 41.5. The Hall–Kier alpha value is -1.63. The smallest absolute Gasteiger partial charge is 0.311 e. The maximum absolute atomic E-state index is 13.6. The van der Waals surface area contributed by atoms with Gasteiger partial charge in [-0.1, -0.05) is 181 Å². The molecular formula is C56H109NO6. The third-order valence-corrected chi connectivity index (χ3v) is 13.3. The molecule has 0 bridgehead atoms. The highest BCUT2D eigenvalue weighted by molar-refractivity contribution is 5.76. The van der Waals surface area contributed by atoms with Crippen molar-refractivity contribution in [3.63, 3.8) is 0 Å². The SMILES string of the molecule is CCCCCCCCCCCCOC(=O)C(C)(C)CCCCCC(CCCCCC(C)(C)C(=O)OC(CCCCCCC)CCCCCCCCCCC)OC(=O)CCCN(C)C. The van der Waals surface area contributed by atoms with E-state index in [9.17, 15) is 14.4 Å². The quantitative estimate of drug-likeness (QED) is 0.0342. The van der Waals surface area contributed by atoms with Gasteiger partial charge >= 0.3 is 17.9 Å². The highest BCUT2D eigenvalue weighted by Crippen LogP contribution is 2.30. The summed E-state index contributed by atoms with van der Waals surface area (Å²) in [5.74, 6) is -0.211. The first kappa shape index (κ1) is 61.4. The van der Waals surface area contributed by atoms with Crippen LogP contribution in [0.25, 0.3) is 0 Å². The topological polar surface area (TPSA) is 82.1 Å². The van der Waals surface area contributed by atoms with Gasteiger partial charge in [0.2, 0.25) is 0 Å². The minimum absolute atomic E-state index is 0.0352. The van der Waals surface area contributed by atoms with Gasteiger partial charge in [0.25, 0.3) is 0 Å². The van der Waals surface area contributed by atoms with Crippen LogP contribution in [0.1, 0.15) is 292 Å². The number of esters is 3. The monoisotopic (exact) mass is 892 g/mol. The lowest BCUT2D eigenvalue weighted by atomic mass is 9.86. The van der Waals surface area contributed by atoms with Crippen LogP contribution in [-0.4, -0.2) is 62.3 Å². The summed E-state index contributed by atoms with van der Waals surface area (Å²) in [7, 11) is 4.06. The zero-order valence-corrected chi connectivity index (χ0v) is 43.8. The molecule has 0 radical (unpaired) electrons. The van der Waals surface area contributed by atoms with Gasteiger partial charge in [0, 0.05) is 6.42 Å². The highest BCUT2D eigenvalue weighted by Gasteiger charge is 2.31. The van der Waals surface area contributed by atoms with Crippen LogP contribution in [-0.2, 0) is 28.6 Å². The average Bonchev–Trinajstić information content (AvgIpc) is 3.23. The fraction of sp³-hybridized carbons (Fsp3) is 0.946. The Balaban J connectivity index is 4.82. The van der Waals surface area contributed by atoms with Gasteiger partial charge in [0.1, 0.15) is 12.2 Å². The van der Waals surface area contributed by atoms with E-state index in [-0.39, 0.29) is 30.1 Å². The van der Waals surface area contributed by atoms with Gasteiger partial charge < -0.3 is 19.1 Å². The Labute approximate surface area is 392 Å². The van der Waals surface area contributed by atoms with E-state index in [0.717, 1.165) is 116 Å². The van der Waals surface area contributed by atoms with Crippen molar-refractivity contribution in [2.24, 2.45) is 10.8 Å². The van der Waals surface area contributed by atoms with Crippen LogP contribution >= 0.6 is 0 Å². The largest absolute Gasteiger partial charge is 0.465 e. The molecule has 0 aliphatic heterocycles. The second-order valence-electron chi connectivity index (χ2n) is 21.2. The lowest BCUT2D eigenvalue weighted by Gasteiger charge is -2.27. The Kier molecular flexibility index (Phi) is 40.7. The van der Waals surface area contributed by atoms with Gasteiger partial charge in [-0.2, -0.15) is 0 Å². The van der Waals surface area contributed by atoms with Gasteiger partial charge in [-0.3, -0.25) is 14.4 Å². The van der Waals surface area contributed by atoms with Crippen molar-refractivity contribution in [1.29, 1.82) is 0 Å². The predicted octanol–water partition coefficient (Wildman–Crippen LogP) is 16.9. The fourth-order valence-corrected chi connectivity index (χ4v) is 8.66. The van der Waals surface area contributed by atoms with Crippen LogP contribution < -0.4 is 0 Å². The molecule has 0 heterocycles. The third-order valence-electron chi connectivity index (χ3n) is 13.3. The van der Waals surface area contributed by atoms with E-state index >= 15 is 0 Å². The Bertz CT molecular complexity index is 1060. The summed E-state index contributed by atoms with van der Waals surface area (Å²) in [6.45, 7) is 16.3. The van der Waals surface area contributed by atoms with E-state index in [2.05, 4.69) is 39.5 Å². The zero-order valence-electron chi connectivity index (χ0n) is 43.8. The average molecular weight is 892 g/mol. The maximum atomic E-state index is 13.6. The lowest BCUT2D eigenvalue weighted by Crippen LogP contribution is -2.31. The molecule has 0 rings (SSSR count). The molecule has 2 atom stereocenters. The molecule has 0 saturated carbocycles. The molecule has 0 aromatic heterocycles. The fourth-order valence-electron chi connectivity index (χ4n) is 8.66. The van der Waals surface area contributed by atoms with E-state index < -0.39 is 10.8 Å². The lowest BCUT2D eigenvalue weighted by molar-refractivity contribution is -0.161. The minimum Gasteiger partial charge on any atom is -0.465 e. The van der Waals surface area contributed by atoms with Crippen molar-refractivity contribution in [2.75, 3.05) is 27.2 Å². The molecule has 0 aliphatic rings. The van der Waals surface area contributed by atoms with Crippen molar-refractivity contribution in [2.45, 2.75) is 305 Å². The number of nitrogens with zero attached hydrogens (tertiary/aromatic N) is 1. The standard InChI is InChI=1S/C56H109NO6/c1-10-13-16-19-21-23-25-27-30-39-49-61-53(59)55(4,5)46-37-31-35-41-50(62-52(58)45-40-48-57(8)9)42-36-32-38-47-56(6,7)54(60)63-51(43-33-28-18-15-12-3)44-34-29-26-24-22-20-17-14-11-2/h50-51H,10-49H2,1-9H3. The molecule has 0 aliphatic carbocycles. The summed E-state index contributed by atoms with van der Waals surface area (Å²) < 4.78 is 18.1. The number of carbonyl (C=O) groups is 3. The van der Waals surface area contributed by atoms with Crippen molar-refractivity contribution in [3.8, 4) is 0 Å². The van der Waals surface area contributed by atoms with Crippen LogP contribution in [0.3, 0.4) is 0 Å². The summed E-state index contributed by atoms with van der Waals surface area (Å²) in [6, 6.07) is 0. The predicted molar refractivity (Wildman–Crippen MR) is 269 cm³/mol.